The van der Waals surface area contributed by atoms with Gasteiger partial charge in [-0.15, -0.1) is 0 Å². The number of nitrogens with zero attached hydrogens (tertiary/aromatic N) is 2. The first-order chi connectivity index (χ1) is 9.50. The van der Waals surface area contributed by atoms with E-state index < -0.39 is 5.41 Å². The first kappa shape index (κ1) is 14.6. The molecule has 1 heterocycles. The molecule has 20 heavy (non-hydrogen) atoms. The molecule has 0 radical (unpaired) electrons. The van der Waals surface area contributed by atoms with Crippen molar-refractivity contribution in [3.63, 3.8) is 0 Å². The van der Waals surface area contributed by atoms with Crippen molar-refractivity contribution in [3.8, 4) is 6.07 Å². The van der Waals surface area contributed by atoms with Crippen molar-refractivity contribution in [1.82, 2.24) is 10.5 Å². The van der Waals surface area contributed by atoms with Crippen molar-refractivity contribution in [3.05, 3.63) is 17.0 Å². The zero-order chi connectivity index (χ0) is 14.8. The van der Waals surface area contributed by atoms with Gasteiger partial charge in [0.15, 0.2) is 0 Å². The van der Waals surface area contributed by atoms with Crippen LogP contribution in [0.4, 0.5) is 0 Å². The molecule has 1 saturated carbocycles. The predicted molar refractivity (Wildman–Crippen MR) is 73.7 cm³/mol. The van der Waals surface area contributed by atoms with Gasteiger partial charge in [0.25, 0.3) is 0 Å². The number of hydrogen-bond acceptors (Lipinski definition) is 4. The topological polar surface area (TPSA) is 78.9 Å². The number of carbonyl (C=O) groups is 1. The predicted octanol–water partition coefficient (Wildman–Crippen LogP) is 2.94. The summed E-state index contributed by atoms with van der Waals surface area (Å²) in [5.74, 6) is 0.553. The smallest absolute Gasteiger partial charge is 0.240 e. The summed E-state index contributed by atoms with van der Waals surface area (Å²) in [7, 11) is 0. The van der Waals surface area contributed by atoms with Crippen LogP contribution < -0.4 is 5.32 Å². The number of nitriles is 1. The van der Waals surface area contributed by atoms with Gasteiger partial charge in [0.05, 0.1) is 17.8 Å². The van der Waals surface area contributed by atoms with Crippen LogP contribution in [0.1, 0.15) is 62.1 Å². The van der Waals surface area contributed by atoms with Crippen molar-refractivity contribution in [1.29, 1.82) is 5.26 Å². The fourth-order valence-corrected chi connectivity index (χ4v) is 3.06. The Bertz CT molecular complexity index is 516. The van der Waals surface area contributed by atoms with Gasteiger partial charge in [-0.05, 0) is 33.6 Å². The van der Waals surface area contributed by atoms with E-state index in [0.29, 0.717) is 18.6 Å². The summed E-state index contributed by atoms with van der Waals surface area (Å²) in [6, 6.07) is 2.05. The molecule has 0 spiro atoms. The second-order valence-corrected chi connectivity index (χ2v) is 5.69. The van der Waals surface area contributed by atoms with Crippen LogP contribution in [-0.2, 0) is 4.79 Å². The van der Waals surface area contributed by atoms with Crippen LogP contribution in [0.25, 0.3) is 0 Å². The maximum Gasteiger partial charge on any atom is 0.240 e. The van der Waals surface area contributed by atoms with E-state index in [2.05, 4.69) is 16.5 Å². The minimum absolute atomic E-state index is 0.160. The average Bonchev–Trinajstić information content (AvgIpc) is 2.78. The van der Waals surface area contributed by atoms with Gasteiger partial charge in [-0.25, -0.2) is 0 Å². The molecule has 1 aliphatic rings. The minimum atomic E-state index is -0.856. The third kappa shape index (κ3) is 2.55. The summed E-state index contributed by atoms with van der Waals surface area (Å²) in [5.41, 5.74) is 0.832. The van der Waals surface area contributed by atoms with E-state index >= 15 is 0 Å². The zero-order valence-corrected chi connectivity index (χ0v) is 12.3. The highest BCUT2D eigenvalue weighted by molar-refractivity contribution is 5.85. The first-order valence-electron chi connectivity index (χ1n) is 7.15. The summed E-state index contributed by atoms with van der Waals surface area (Å²) in [5, 5.41) is 16.3. The van der Waals surface area contributed by atoms with E-state index in [1.165, 1.54) is 0 Å². The lowest BCUT2D eigenvalue weighted by Crippen LogP contribution is -2.42. The van der Waals surface area contributed by atoms with Gasteiger partial charge in [0.1, 0.15) is 11.2 Å². The summed E-state index contributed by atoms with van der Waals surface area (Å²) < 4.78 is 5.13. The van der Waals surface area contributed by atoms with E-state index in [0.717, 1.165) is 30.5 Å². The highest BCUT2D eigenvalue weighted by Crippen LogP contribution is 2.36. The van der Waals surface area contributed by atoms with Crippen LogP contribution in [0.3, 0.4) is 0 Å². The van der Waals surface area contributed by atoms with E-state index in [1.54, 1.807) is 0 Å². The second-order valence-electron chi connectivity index (χ2n) is 5.69. The number of aromatic nitrogens is 1. The number of amides is 1. The van der Waals surface area contributed by atoms with Gasteiger partial charge in [-0.1, -0.05) is 24.4 Å². The van der Waals surface area contributed by atoms with Gasteiger partial charge in [-0.2, -0.15) is 5.26 Å². The molecule has 1 unspecified atom stereocenters. The van der Waals surface area contributed by atoms with Gasteiger partial charge in [0, 0.05) is 5.56 Å². The van der Waals surface area contributed by atoms with Crippen molar-refractivity contribution in [2.24, 2.45) is 5.41 Å². The molecule has 2 rings (SSSR count). The van der Waals surface area contributed by atoms with Crippen LogP contribution in [-0.4, -0.2) is 11.1 Å². The fourth-order valence-electron chi connectivity index (χ4n) is 3.06. The van der Waals surface area contributed by atoms with Crippen LogP contribution >= 0.6 is 0 Å². The quantitative estimate of drug-likeness (QED) is 0.919. The van der Waals surface area contributed by atoms with Crippen LogP contribution in [0.5, 0.6) is 0 Å². The molecule has 1 fully saturated rings. The normalized spacial score (nSPS) is 19.1. The van der Waals surface area contributed by atoms with E-state index in [4.69, 9.17) is 4.52 Å². The fraction of sp³-hybridized carbons (Fsp3) is 0.667. The van der Waals surface area contributed by atoms with Gasteiger partial charge in [0.2, 0.25) is 5.91 Å². The molecule has 5 heteroatoms. The molecule has 108 valence electrons. The zero-order valence-electron chi connectivity index (χ0n) is 12.3. The number of rotatable bonds is 3. The Morgan fingerprint density at radius 2 is 2.05 bits per heavy atom. The Labute approximate surface area is 119 Å². The molecule has 0 aromatic carbocycles. The average molecular weight is 275 g/mol. The Morgan fingerprint density at radius 1 is 1.40 bits per heavy atom. The minimum Gasteiger partial charge on any atom is -0.361 e. The molecule has 1 amide bonds. The van der Waals surface area contributed by atoms with Gasteiger partial charge in [-0.3, -0.25) is 4.79 Å². The van der Waals surface area contributed by atoms with E-state index in [9.17, 15) is 10.1 Å². The number of carbonyl (C=O) groups excluding carboxylic acids is 1. The van der Waals surface area contributed by atoms with Crippen molar-refractivity contribution in [2.45, 2.75) is 58.9 Å². The first-order valence-corrected chi connectivity index (χ1v) is 7.15. The Balaban J connectivity index is 2.13. The van der Waals surface area contributed by atoms with Crippen molar-refractivity contribution < 1.29 is 9.32 Å². The Kier molecular flexibility index (Phi) is 4.12. The molecule has 1 aliphatic carbocycles. The Morgan fingerprint density at radius 3 is 2.55 bits per heavy atom. The van der Waals surface area contributed by atoms with Crippen LogP contribution in [0.2, 0.25) is 0 Å². The maximum atomic E-state index is 12.5. The van der Waals surface area contributed by atoms with E-state index in [1.807, 2.05) is 20.8 Å². The molecule has 1 N–H and O–H groups in total. The molecule has 0 aliphatic heterocycles. The molecule has 5 nitrogen and oxygen atoms in total. The molecule has 1 atom stereocenters. The molecular weight excluding hydrogens is 254 g/mol. The van der Waals surface area contributed by atoms with Gasteiger partial charge >= 0.3 is 0 Å². The van der Waals surface area contributed by atoms with Crippen molar-refractivity contribution in [2.75, 3.05) is 0 Å². The third-order valence-corrected chi connectivity index (χ3v) is 4.22. The molecule has 1 aromatic rings. The highest BCUT2D eigenvalue weighted by atomic mass is 16.5. The number of nitrogens with one attached hydrogen (secondary N) is 1. The van der Waals surface area contributed by atoms with Crippen LogP contribution in [0.15, 0.2) is 4.52 Å². The third-order valence-electron chi connectivity index (χ3n) is 4.22. The molecule has 1 aromatic heterocycles. The van der Waals surface area contributed by atoms with E-state index in [-0.39, 0.29) is 11.9 Å². The summed E-state index contributed by atoms with van der Waals surface area (Å²) in [4.78, 5) is 12.5. The lowest BCUT2D eigenvalue weighted by atomic mass is 9.74. The molecule has 0 bridgehead atoms. The SMILES string of the molecule is Cc1noc(C)c1C(C)NC(=O)C1(C#N)CCCCC1. The maximum absolute atomic E-state index is 12.5. The molecular formula is C15H21N3O2. The summed E-state index contributed by atoms with van der Waals surface area (Å²) in [6.07, 6.45) is 4.31. The van der Waals surface area contributed by atoms with Crippen LogP contribution in [0, 0.1) is 30.6 Å². The number of aryl methyl sites for hydroxylation is 2. The largest absolute Gasteiger partial charge is 0.361 e. The second kappa shape index (κ2) is 5.66. The standard InChI is InChI=1S/C15H21N3O2/c1-10(13-11(2)18-20-12(13)3)17-14(19)15(9-16)7-5-4-6-8-15/h10H,4-8H2,1-3H3,(H,17,19). The number of hydrogen-bond donors (Lipinski definition) is 1. The monoisotopic (exact) mass is 275 g/mol. The highest BCUT2D eigenvalue weighted by Gasteiger charge is 2.40. The lowest BCUT2D eigenvalue weighted by Gasteiger charge is -2.30. The Hall–Kier alpha value is -1.83. The van der Waals surface area contributed by atoms with Crippen molar-refractivity contribution >= 4 is 5.91 Å². The molecule has 0 saturated heterocycles. The lowest BCUT2D eigenvalue weighted by molar-refractivity contribution is -0.130. The summed E-state index contributed by atoms with van der Waals surface area (Å²) in [6.45, 7) is 5.59. The van der Waals surface area contributed by atoms with Gasteiger partial charge < -0.3 is 9.84 Å². The summed E-state index contributed by atoms with van der Waals surface area (Å²) >= 11 is 0.